The number of rotatable bonds is 2. The van der Waals surface area contributed by atoms with E-state index in [0.29, 0.717) is 5.69 Å². The predicted molar refractivity (Wildman–Crippen MR) is 50.6 cm³/mol. The van der Waals surface area contributed by atoms with Crippen molar-refractivity contribution in [1.82, 2.24) is 19.2 Å². The number of carbonyl (C=O) groups is 1. The number of amides is 1. The third kappa shape index (κ3) is 1.77. The zero-order valence-electron chi connectivity index (χ0n) is 7.34. The second-order valence-electron chi connectivity index (χ2n) is 2.63. The standard InChI is InChI=1S/C7H7N5OS/c1-5-2-6(11-14-5)7(13)10-12-3-8-9-4-12/h2-4H,1H3,(H,10,13). The van der Waals surface area contributed by atoms with Crippen molar-refractivity contribution in [3.05, 3.63) is 29.3 Å². The Kier molecular flexibility index (Phi) is 2.23. The first-order valence-electron chi connectivity index (χ1n) is 3.85. The number of carbonyl (C=O) groups excluding carboxylic acids is 1. The summed E-state index contributed by atoms with van der Waals surface area (Å²) < 4.78 is 5.34. The molecule has 0 aromatic carbocycles. The van der Waals surface area contributed by atoms with Gasteiger partial charge in [-0.25, -0.2) is 4.68 Å². The fourth-order valence-electron chi connectivity index (χ4n) is 0.906. The first kappa shape index (κ1) is 8.82. The molecule has 0 saturated heterocycles. The number of hydrogen-bond donors (Lipinski definition) is 1. The highest BCUT2D eigenvalue weighted by molar-refractivity contribution is 7.05. The van der Waals surface area contributed by atoms with Crippen LogP contribution in [0.25, 0.3) is 0 Å². The van der Waals surface area contributed by atoms with Crippen molar-refractivity contribution in [1.29, 1.82) is 0 Å². The molecule has 0 aliphatic heterocycles. The van der Waals surface area contributed by atoms with E-state index in [0.717, 1.165) is 4.88 Å². The summed E-state index contributed by atoms with van der Waals surface area (Å²) in [5, 5.41) is 7.11. The Morgan fingerprint density at radius 3 is 2.79 bits per heavy atom. The Morgan fingerprint density at radius 1 is 1.50 bits per heavy atom. The molecule has 0 bridgehead atoms. The smallest absolute Gasteiger partial charge is 0.266 e. The van der Waals surface area contributed by atoms with Crippen molar-refractivity contribution < 1.29 is 4.79 Å². The lowest BCUT2D eigenvalue weighted by molar-refractivity contribution is 0.100. The molecule has 1 amide bonds. The summed E-state index contributed by atoms with van der Waals surface area (Å²) in [6.07, 6.45) is 2.80. The van der Waals surface area contributed by atoms with E-state index in [2.05, 4.69) is 20.0 Å². The lowest BCUT2D eigenvalue weighted by atomic mass is 10.4. The molecule has 1 N–H and O–H groups in total. The normalized spacial score (nSPS) is 10.1. The van der Waals surface area contributed by atoms with Crippen molar-refractivity contribution in [3.8, 4) is 0 Å². The third-order valence-electron chi connectivity index (χ3n) is 1.51. The summed E-state index contributed by atoms with van der Waals surface area (Å²) in [5.74, 6) is -0.269. The number of aromatic nitrogens is 4. The number of aryl methyl sites for hydroxylation is 1. The highest BCUT2D eigenvalue weighted by Gasteiger charge is 2.08. The molecule has 14 heavy (non-hydrogen) atoms. The lowest BCUT2D eigenvalue weighted by Gasteiger charge is -2.00. The van der Waals surface area contributed by atoms with Gasteiger partial charge in [-0.2, -0.15) is 4.37 Å². The van der Waals surface area contributed by atoms with Crippen molar-refractivity contribution in [3.63, 3.8) is 0 Å². The van der Waals surface area contributed by atoms with Crippen LogP contribution in [0, 0.1) is 6.92 Å². The number of hydrogen-bond acceptors (Lipinski definition) is 5. The van der Waals surface area contributed by atoms with E-state index in [-0.39, 0.29) is 5.91 Å². The number of nitrogens with one attached hydrogen (secondary N) is 1. The van der Waals surface area contributed by atoms with Crippen molar-refractivity contribution in [2.75, 3.05) is 5.43 Å². The van der Waals surface area contributed by atoms with Gasteiger partial charge in [0.05, 0.1) is 0 Å². The van der Waals surface area contributed by atoms with Crippen molar-refractivity contribution in [2.45, 2.75) is 6.92 Å². The van der Waals surface area contributed by atoms with E-state index in [1.54, 1.807) is 6.07 Å². The van der Waals surface area contributed by atoms with Gasteiger partial charge in [-0.05, 0) is 24.5 Å². The molecule has 0 aliphatic carbocycles. The summed E-state index contributed by atoms with van der Waals surface area (Å²) in [7, 11) is 0. The summed E-state index contributed by atoms with van der Waals surface area (Å²) in [6.45, 7) is 1.90. The minimum absolute atomic E-state index is 0.269. The van der Waals surface area contributed by atoms with Gasteiger partial charge in [-0.1, -0.05) is 0 Å². The van der Waals surface area contributed by atoms with Crippen LogP contribution in [0.5, 0.6) is 0 Å². The molecule has 0 atom stereocenters. The molecule has 2 heterocycles. The van der Waals surface area contributed by atoms with Crippen LogP contribution in [-0.2, 0) is 0 Å². The third-order valence-corrected chi connectivity index (χ3v) is 2.20. The summed E-state index contributed by atoms with van der Waals surface area (Å²) in [4.78, 5) is 12.5. The van der Waals surface area contributed by atoms with Crippen LogP contribution in [0.15, 0.2) is 18.7 Å². The maximum Gasteiger partial charge on any atom is 0.289 e. The molecule has 7 heteroatoms. The fourth-order valence-corrected chi connectivity index (χ4v) is 1.45. The molecule has 0 spiro atoms. The van der Waals surface area contributed by atoms with Crippen LogP contribution in [0.4, 0.5) is 0 Å². The van der Waals surface area contributed by atoms with Crippen molar-refractivity contribution >= 4 is 17.4 Å². The van der Waals surface area contributed by atoms with Crippen LogP contribution in [0.2, 0.25) is 0 Å². The topological polar surface area (TPSA) is 72.7 Å². The minimum Gasteiger partial charge on any atom is -0.266 e. The lowest BCUT2D eigenvalue weighted by Crippen LogP contribution is -2.21. The van der Waals surface area contributed by atoms with E-state index in [9.17, 15) is 4.79 Å². The fraction of sp³-hybridized carbons (Fsp3) is 0.143. The molecule has 0 aliphatic rings. The Balaban J connectivity index is 2.10. The molecule has 72 valence electrons. The maximum atomic E-state index is 11.5. The van der Waals surface area contributed by atoms with E-state index < -0.39 is 0 Å². The average molecular weight is 209 g/mol. The van der Waals surface area contributed by atoms with Gasteiger partial charge >= 0.3 is 0 Å². The molecular formula is C7H7N5OS. The molecule has 2 rings (SSSR count). The first-order valence-corrected chi connectivity index (χ1v) is 4.62. The second kappa shape index (κ2) is 3.54. The van der Waals surface area contributed by atoms with Gasteiger partial charge in [0, 0.05) is 4.88 Å². The monoisotopic (exact) mass is 209 g/mol. The quantitative estimate of drug-likeness (QED) is 0.778. The second-order valence-corrected chi connectivity index (χ2v) is 3.64. The zero-order valence-corrected chi connectivity index (χ0v) is 8.15. The van der Waals surface area contributed by atoms with Gasteiger partial charge in [-0.15, -0.1) is 10.2 Å². The molecule has 0 saturated carbocycles. The predicted octanol–water partition coefficient (Wildman–Crippen LogP) is 0.427. The number of nitrogens with zero attached hydrogens (tertiary/aromatic N) is 4. The van der Waals surface area contributed by atoms with Gasteiger partial charge in [0.25, 0.3) is 5.91 Å². The molecule has 0 unspecified atom stereocenters. The molecule has 2 aromatic rings. The van der Waals surface area contributed by atoms with Crippen molar-refractivity contribution in [2.24, 2.45) is 0 Å². The van der Waals surface area contributed by atoms with E-state index in [1.807, 2.05) is 6.92 Å². The highest BCUT2D eigenvalue weighted by atomic mass is 32.1. The Bertz CT molecular complexity index is 435. The SMILES string of the molecule is Cc1cc(C(=O)Nn2cnnc2)ns1. The van der Waals surface area contributed by atoms with Crippen LogP contribution in [0.3, 0.4) is 0 Å². The van der Waals surface area contributed by atoms with Gasteiger partial charge in [0.1, 0.15) is 18.3 Å². The largest absolute Gasteiger partial charge is 0.289 e. The van der Waals surface area contributed by atoms with Gasteiger partial charge < -0.3 is 0 Å². The molecular weight excluding hydrogens is 202 g/mol. The van der Waals surface area contributed by atoms with E-state index in [1.165, 1.54) is 28.9 Å². The Morgan fingerprint density at radius 2 is 2.21 bits per heavy atom. The Labute approximate surface area is 83.7 Å². The molecule has 2 aromatic heterocycles. The zero-order chi connectivity index (χ0) is 9.97. The van der Waals surface area contributed by atoms with Gasteiger partial charge in [-0.3, -0.25) is 10.2 Å². The molecule has 6 nitrogen and oxygen atoms in total. The molecule has 0 fully saturated rings. The minimum atomic E-state index is -0.269. The van der Waals surface area contributed by atoms with Crippen LogP contribution >= 0.6 is 11.5 Å². The highest BCUT2D eigenvalue weighted by Crippen LogP contribution is 2.07. The first-order chi connectivity index (χ1) is 6.75. The maximum absolute atomic E-state index is 11.5. The summed E-state index contributed by atoms with van der Waals surface area (Å²) in [5.41, 5.74) is 2.95. The average Bonchev–Trinajstić information content (AvgIpc) is 2.75. The van der Waals surface area contributed by atoms with Gasteiger partial charge in [0.2, 0.25) is 0 Å². The summed E-state index contributed by atoms with van der Waals surface area (Å²) in [6, 6.07) is 1.73. The molecule has 0 radical (unpaired) electrons. The van der Waals surface area contributed by atoms with E-state index >= 15 is 0 Å². The van der Waals surface area contributed by atoms with Crippen LogP contribution in [-0.4, -0.2) is 25.2 Å². The van der Waals surface area contributed by atoms with E-state index in [4.69, 9.17) is 0 Å². The van der Waals surface area contributed by atoms with Crippen LogP contribution in [0.1, 0.15) is 15.4 Å². The summed E-state index contributed by atoms with van der Waals surface area (Å²) >= 11 is 1.29. The van der Waals surface area contributed by atoms with Gasteiger partial charge in [0.15, 0.2) is 0 Å². The van der Waals surface area contributed by atoms with Crippen LogP contribution < -0.4 is 5.43 Å². The Hall–Kier alpha value is -1.76.